The number of nitrogens with zero attached hydrogens (tertiary/aromatic N) is 1. The zero-order valence-electron chi connectivity index (χ0n) is 14.5. The van der Waals surface area contributed by atoms with Crippen molar-refractivity contribution in [2.24, 2.45) is 5.92 Å². The average Bonchev–Trinajstić information content (AvgIpc) is 2.90. The molecule has 2 unspecified atom stereocenters. The van der Waals surface area contributed by atoms with Gasteiger partial charge in [0.15, 0.2) is 0 Å². The zero-order chi connectivity index (χ0) is 17.2. The Hall–Kier alpha value is -1.49. The van der Waals surface area contributed by atoms with E-state index in [1.807, 2.05) is 65.0 Å². The number of amides is 2. The van der Waals surface area contributed by atoms with Gasteiger partial charge in [0.25, 0.3) is 0 Å². The first kappa shape index (κ1) is 17.9. The molecule has 2 amide bonds. The fraction of sp³-hybridized carbons (Fsp3) is 0.556. The first-order chi connectivity index (χ1) is 10.7. The van der Waals surface area contributed by atoms with Gasteiger partial charge < -0.3 is 10.2 Å². The summed E-state index contributed by atoms with van der Waals surface area (Å²) < 4.78 is 0. The highest BCUT2D eigenvalue weighted by atomic mass is 32.2. The zero-order valence-corrected chi connectivity index (χ0v) is 15.3. The third-order valence-corrected chi connectivity index (χ3v) is 4.96. The largest absolute Gasteiger partial charge is 0.350 e. The summed E-state index contributed by atoms with van der Waals surface area (Å²) in [4.78, 5) is 27.2. The van der Waals surface area contributed by atoms with Crippen molar-refractivity contribution < 1.29 is 9.59 Å². The van der Waals surface area contributed by atoms with E-state index >= 15 is 0 Å². The molecule has 0 saturated carbocycles. The van der Waals surface area contributed by atoms with Gasteiger partial charge >= 0.3 is 0 Å². The number of hydrogen-bond acceptors (Lipinski definition) is 3. The molecule has 1 aliphatic heterocycles. The molecule has 1 aromatic carbocycles. The Morgan fingerprint density at radius 3 is 2.35 bits per heavy atom. The summed E-state index contributed by atoms with van der Waals surface area (Å²) in [6, 6.07) is 9.51. The summed E-state index contributed by atoms with van der Waals surface area (Å²) in [7, 11) is 0. The maximum atomic E-state index is 12.7. The van der Waals surface area contributed by atoms with Gasteiger partial charge in [-0.3, -0.25) is 9.59 Å². The topological polar surface area (TPSA) is 49.4 Å². The molecule has 0 spiro atoms. The molecule has 5 heteroatoms. The van der Waals surface area contributed by atoms with Crippen molar-refractivity contribution in [3.05, 3.63) is 35.9 Å². The number of carbonyl (C=O) groups excluding carboxylic acids is 2. The highest BCUT2D eigenvalue weighted by Gasteiger charge is 2.43. The van der Waals surface area contributed by atoms with Gasteiger partial charge in [-0.1, -0.05) is 44.2 Å². The van der Waals surface area contributed by atoms with Crippen molar-refractivity contribution in [1.82, 2.24) is 10.2 Å². The van der Waals surface area contributed by atoms with E-state index in [1.165, 1.54) is 0 Å². The lowest BCUT2D eigenvalue weighted by Gasteiger charge is -2.32. The minimum atomic E-state index is -0.417. The molecule has 4 nitrogen and oxygen atoms in total. The molecule has 126 valence electrons. The number of benzene rings is 1. The van der Waals surface area contributed by atoms with Crippen LogP contribution in [-0.4, -0.2) is 34.0 Å². The summed E-state index contributed by atoms with van der Waals surface area (Å²) in [5.74, 6) is 0.445. The highest BCUT2D eigenvalue weighted by Crippen LogP contribution is 2.42. The van der Waals surface area contributed by atoms with Crippen LogP contribution in [0.1, 0.15) is 45.6 Å². The Kier molecular flexibility index (Phi) is 5.40. The number of rotatable bonds is 3. The summed E-state index contributed by atoms with van der Waals surface area (Å²) >= 11 is 1.66. The molecule has 1 fully saturated rings. The van der Waals surface area contributed by atoms with Crippen molar-refractivity contribution in [3.63, 3.8) is 0 Å². The second kappa shape index (κ2) is 6.95. The van der Waals surface area contributed by atoms with Crippen LogP contribution < -0.4 is 5.32 Å². The molecule has 0 radical (unpaired) electrons. The first-order valence-electron chi connectivity index (χ1n) is 8.01. The summed E-state index contributed by atoms with van der Waals surface area (Å²) in [5.41, 5.74) is 0.761. The van der Waals surface area contributed by atoms with Gasteiger partial charge in [0.2, 0.25) is 11.8 Å². The molecule has 0 aromatic heterocycles. The predicted molar refractivity (Wildman–Crippen MR) is 95.0 cm³/mol. The van der Waals surface area contributed by atoms with E-state index in [-0.39, 0.29) is 28.6 Å². The minimum Gasteiger partial charge on any atom is -0.350 e. The second-order valence-electron chi connectivity index (χ2n) is 7.25. The Bertz CT molecular complexity index is 566. The number of carbonyl (C=O) groups is 2. The summed E-state index contributed by atoms with van der Waals surface area (Å²) in [6.45, 7) is 9.63. The standard InChI is InChI=1S/C18H26N2O2S/c1-12(2)16(22)20-14(15(21)19-18(3,4)5)11-23-17(20)13-9-7-6-8-10-13/h6-10,12,14,17H,11H2,1-5H3,(H,19,21). The molecular weight excluding hydrogens is 308 g/mol. The van der Waals surface area contributed by atoms with Gasteiger partial charge in [0.05, 0.1) is 0 Å². The third-order valence-electron chi connectivity index (χ3n) is 3.63. The SMILES string of the molecule is CC(C)C(=O)N1C(C(=O)NC(C)(C)C)CSC1c1ccccc1. The smallest absolute Gasteiger partial charge is 0.244 e. The molecular formula is C18H26N2O2S. The van der Waals surface area contributed by atoms with Gasteiger partial charge in [-0.25, -0.2) is 0 Å². The molecule has 1 heterocycles. The molecule has 0 bridgehead atoms. The molecule has 0 aliphatic carbocycles. The van der Waals surface area contributed by atoms with E-state index in [4.69, 9.17) is 0 Å². The van der Waals surface area contributed by atoms with Crippen LogP contribution in [0.15, 0.2) is 30.3 Å². The fourth-order valence-electron chi connectivity index (χ4n) is 2.60. The maximum Gasteiger partial charge on any atom is 0.244 e. The average molecular weight is 334 g/mol. The van der Waals surface area contributed by atoms with Crippen LogP contribution in [0, 0.1) is 5.92 Å². The third kappa shape index (κ3) is 4.28. The van der Waals surface area contributed by atoms with Crippen LogP contribution in [0.3, 0.4) is 0 Å². The van der Waals surface area contributed by atoms with Gasteiger partial charge in [-0.05, 0) is 26.3 Å². The van der Waals surface area contributed by atoms with Crippen LogP contribution in [-0.2, 0) is 9.59 Å². The van der Waals surface area contributed by atoms with E-state index in [2.05, 4.69) is 5.32 Å². The molecule has 1 saturated heterocycles. The van der Waals surface area contributed by atoms with E-state index in [1.54, 1.807) is 16.7 Å². The molecule has 1 aliphatic rings. The van der Waals surface area contributed by atoms with Gasteiger partial charge in [0, 0.05) is 17.2 Å². The van der Waals surface area contributed by atoms with E-state index in [9.17, 15) is 9.59 Å². The lowest BCUT2D eigenvalue weighted by molar-refractivity contribution is -0.142. The molecule has 1 aromatic rings. The van der Waals surface area contributed by atoms with Crippen LogP contribution in [0.5, 0.6) is 0 Å². The Morgan fingerprint density at radius 2 is 1.83 bits per heavy atom. The van der Waals surface area contributed by atoms with Crippen LogP contribution in [0.4, 0.5) is 0 Å². The molecule has 2 rings (SSSR count). The van der Waals surface area contributed by atoms with E-state index < -0.39 is 6.04 Å². The minimum absolute atomic E-state index is 0.0258. The van der Waals surface area contributed by atoms with Crippen LogP contribution in [0.25, 0.3) is 0 Å². The number of nitrogens with one attached hydrogen (secondary N) is 1. The van der Waals surface area contributed by atoms with E-state index in [0.717, 1.165) is 5.56 Å². The van der Waals surface area contributed by atoms with Crippen molar-refractivity contribution in [2.45, 2.75) is 51.6 Å². The van der Waals surface area contributed by atoms with E-state index in [0.29, 0.717) is 5.75 Å². The van der Waals surface area contributed by atoms with Gasteiger partial charge in [0.1, 0.15) is 11.4 Å². The molecule has 2 atom stereocenters. The van der Waals surface area contributed by atoms with Crippen molar-refractivity contribution >= 4 is 23.6 Å². The lowest BCUT2D eigenvalue weighted by Crippen LogP contribution is -2.53. The summed E-state index contributed by atoms with van der Waals surface area (Å²) in [5, 5.41) is 2.92. The van der Waals surface area contributed by atoms with Crippen LogP contribution in [0.2, 0.25) is 0 Å². The highest BCUT2D eigenvalue weighted by molar-refractivity contribution is 7.99. The fourth-order valence-corrected chi connectivity index (χ4v) is 4.04. The number of hydrogen-bond donors (Lipinski definition) is 1. The van der Waals surface area contributed by atoms with Crippen LogP contribution >= 0.6 is 11.8 Å². The molecule has 1 N–H and O–H groups in total. The Labute approximate surface area is 143 Å². The van der Waals surface area contributed by atoms with Gasteiger partial charge in [-0.15, -0.1) is 11.8 Å². The normalized spacial score (nSPS) is 21.6. The summed E-state index contributed by atoms with van der Waals surface area (Å²) in [6.07, 6.45) is 0. The van der Waals surface area contributed by atoms with Crippen molar-refractivity contribution in [1.29, 1.82) is 0 Å². The predicted octanol–water partition coefficient (Wildman–Crippen LogP) is 3.20. The first-order valence-corrected chi connectivity index (χ1v) is 9.06. The number of thioether (sulfide) groups is 1. The Balaban J connectivity index is 2.29. The maximum absolute atomic E-state index is 12.7. The lowest BCUT2D eigenvalue weighted by atomic mass is 10.1. The second-order valence-corrected chi connectivity index (χ2v) is 8.36. The van der Waals surface area contributed by atoms with Crippen molar-refractivity contribution in [2.75, 3.05) is 5.75 Å². The van der Waals surface area contributed by atoms with Gasteiger partial charge in [-0.2, -0.15) is 0 Å². The Morgan fingerprint density at radius 1 is 1.22 bits per heavy atom. The van der Waals surface area contributed by atoms with Crippen molar-refractivity contribution in [3.8, 4) is 0 Å². The quantitative estimate of drug-likeness (QED) is 0.923. The molecule has 23 heavy (non-hydrogen) atoms. The monoisotopic (exact) mass is 334 g/mol.